The van der Waals surface area contributed by atoms with Crippen molar-refractivity contribution in [2.75, 3.05) is 26.2 Å². The Kier molecular flexibility index (Phi) is 8.83. The molecule has 0 rings (SSSR count). The average molecular weight is 244 g/mol. The van der Waals surface area contributed by atoms with Crippen LogP contribution in [0, 0.1) is 0 Å². The number of nitrogens with zero attached hydrogens (tertiary/aromatic N) is 1. The summed E-state index contributed by atoms with van der Waals surface area (Å²) in [4.78, 5) is 2.49. The first-order valence-electron chi connectivity index (χ1n) is 7.09. The van der Waals surface area contributed by atoms with Gasteiger partial charge in [0, 0.05) is 11.6 Å². The lowest BCUT2D eigenvalue weighted by molar-refractivity contribution is 0.160. The van der Waals surface area contributed by atoms with Gasteiger partial charge in [0.15, 0.2) is 0 Å². The van der Waals surface area contributed by atoms with Crippen molar-refractivity contribution in [1.29, 1.82) is 0 Å². The van der Waals surface area contributed by atoms with E-state index in [-0.39, 0.29) is 12.1 Å². The largest absolute Gasteiger partial charge is 0.394 e. The van der Waals surface area contributed by atoms with Crippen LogP contribution in [0.25, 0.3) is 0 Å². The van der Waals surface area contributed by atoms with Crippen LogP contribution in [-0.2, 0) is 0 Å². The van der Waals surface area contributed by atoms with E-state index in [0.717, 1.165) is 19.5 Å². The highest BCUT2D eigenvalue weighted by Crippen LogP contribution is 2.13. The van der Waals surface area contributed by atoms with Crippen molar-refractivity contribution in [3.05, 3.63) is 0 Å². The van der Waals surface area contributed by atoms with E-state index in [2.05, 4.69) is 44.8 Å². The van der Waals surface area contributed by atoms with Crippen LogP contribution in [0.15, 0.2) is 0 Å². The molecule has 0 aromatic rings. The topological polar surface area (TPSA) is 35.5 Å². The van der Waals surface area contributed by atoms with Crippen molar-refractivity contribution in [3.63, 3.8) is 0 Å². The third kappa shape index (κ3) is 7.02. The van der Waals surface area contributed by atoms with Gasteiger partial charge in [0.25, 0.3) is 0 Å². The zero-order chi connectivity index (χ0) is 13.3. The van der Waals surface area contributed by atoms with Gasteiger partial charge in [0.05, 0.1) is 6.61 Å². The number of hydrogen-bond acceptors (Lipinski definition) is 3. The normalized spacial score (nSPS) is 15.5. The lowest BCUT2D eigenvalue weighted by Crippen LogP contribution is -2.45. The Hall–Kier alpha value is -0.120. The maximum atomic E-state index is 9.39. The highest BCUT2D eigenvalue weighted by molar-refractivity contribution is 4.81. The predicted molar refractivity (Wildman–Crippen MR) is 75.4 cm³/mol. The van der Waals surface area contributed by atoms with Gasteiger partial charge in [-0.25, -0.2) is 0 Å². The molecule has 104 valence electrons. The molecule has 0 aliphatic rings. The van der Waals surface area contributed by atoms with Gasteiger partial charge in [-0.15, -0.1) is 0 Å². The standard InChI is InChI=1S/C14H32N2O/c1-6-15-14(5,12-17)10-8-9-11-16(7-2)13(3)4/h13,15,17H,6-12H2,1-5H3. The van der Waals surface area contributed by atoms with Crippen molar-refractivity contribution >= 4 is 0 Å². The number of hydrogen-bond donors (Lipinski definition) is 2. The summed E-state index contributed by atoms with van der Waals surface area (Å²) in [5.41, 5.74) is -0.0936. The number of aliphatic hydroxyl groups is 1. The van der Waals surface area contributed by atoms with Crippen molar-refractivity contribution in [2.24, 2.45) is 0 Å². The summed E-state index contributed by atoms with van der Waals surface area (Å²) in [6, 6.07) is 0.637. The quantitative estimate of drug-likeness (QED) is 0.579. The van der Waals surface area contributed by atoms with Gasteiger partial charge in [-0.05, 0) is 53.2 Å². The summed E-state index contributed by atoms with van der Waals surface area (Å²) in [6.45, 7) is 14.4. The molecule has 1 unspecified atom stereocenters. The fraction of sp³-hybridized carbons (Fsp3) is 1.00. The van der Waals surface area contributed by atoms with Gasteiger partial charge in [-0.2, -0.15) is 0 Å². The first-order valence-corrected chi connectivity index (χ1v) is 7.09. The molecule has 3 heteroatoms. The highest BCUT2D eigenvalue weighted by Gasteiger charge is 2.20. The predicted octanol–water partition coefficient (Wildman–Crippen LogP) is 2.25. The molecule has 0 aromatic carbocycles. The molecule has 0 heterocycles. The lowest BCUT2D eigenvalue weighted by Gasteiger charge is -2.29. The smallest absolute Gasteiger partial charge is 0.0610 e. The van der Waals surface area contributed by atoms with E-state index in [9.17, 15) is 5.11 Å². The van der Waals surface area contributed by atoms with E-state index >= 15 is 0 Å². The van der Waals surface area contributed by atoms with Crippen LogP contribution in [0.3, 0.4) is 0 Å². The molecular weight excluding hydrogens is 212 g/mol. The molecule has 0 amide bonds. The van der Waals surface area contributed by atoms with Gasteiger partial charge in [-0.3, -0.25) is 0 Å². The maximum absolute atomic E-state index is 9.39. The Morgan fingerprint density at radius 1 is 1.24 bits per heavy atom. The lowest BCUT2D eigenvalue weighted by atomic mass is 9.95. The summed E-state index contributed by atoms with van der Waals surface area (Å²) in [5.74, 6) is 0. The molecule has 0 saturated heterocycles. The second-order valence-electron chi connectivity index (χ2n) is 5.43. The number of likely N-dealkylation sites (N-methyl/N-ethyl adjacent to an activating group) is 1. The summed E-state index contributed by atoms with van der Waals surface area (Å²) >= 11 is 0. The first-order chi connectivity index (χ1) is 7.99. The summed E-state index contributed by atoms with van der Waals surface area (Å²) in [7, 11) is 0. The van der Waals surface area contributed by atoms with E-state index in [4.69, 9.17) is 0 Å². The molecule has 0 aliphatic heterocycles. The minimum atomic E-state index is -0.0936. The minimum absolute atomic E-state index is 0.0936. The van der Waals surface area contributed by atoms with E-state index in [0.29, 0.717) is 6.04 Å². The SMILES string of the molecule is CCNC(C)(CO)CCCCN(CC)C(C)C. The third-order valence-corrected chi connectivity index (χ3v) is 3.51. The van der Waals surface area contributed by atoms with E-state index in [1.807, 2.05) is 0 Å². The average Bonchev–Trinajstić information content (AvgIpc) is 2.29. The Morgan fingerprint density at radius 3 is 2.29 bits per heavy atom. The maximum Gasteiger partial charge on any atom is 0.0610 e. The molecule has 0 fully saturated rings. The molecule has 3 nitrogen and oxygen atoms in total. The molecule has 0 saturated carbocycles. The first kappa shape index (κ1) is 16.9. The molecule has 2 N–H and O–H groups in total. The second-order valence-corrected chi connectivity index (χ2v) is 5.43. The highest BCUT2D eigenvalue weighted by atomic mass is 16.3. The molecule has 0 bridgehead atoms. The van der Waals surface area contributed by atoms with Crippen LogP contribution in [0.1, 0.15) is 53.9 Å². The molecule has 0 aromatic heterocycles. The van der Waals surface area contributed by atoms with Gasteiger partial charge in [0.2, 0.25) is 0 Å². The zero-order valence-corrected chi connectivity index (χ0v) is 12.4. The van der Waals surface area contributed by atoms with E-state index in [1.165, 1.54) is 19.4 Å². The fourth-order valence-corrected chi connectivity index (χ4v) is 2.26. The van der Waals surface area contributed by atoms with Crippen molar-refractivity contribution in [1.82, 2.24) is 10.2 Å². The summed E-state index contributed by atoms with van der Waals surface area (Å²) < 4.78 is 0. The monoisotopic (exact) mass is 244 g/mol. The van der Waals surface area contributed by atoms with Crippen LogP contribution in [-0.4, -0.2) is 47.8 Å². The van der Waals surface area contributed by atoms with Crippen LogP contribution < -0.4 is 5.32 Å². The van der Waals surface area contributed by atoms with Crippen LogP contribution >= 0.6 is 0 Å². The van der Waals surface area contributed by atoms with E-state index < -0.39 is 0 Å². The number of nitrogens with one attached hydrogen (secondary N) is 1. The minimum Gasteiger partial charge on any atom is -0.394 e. The third-order valence-electron chi connectivity index (χ3n) is 3.51. The summed E-state index contributed by atoms with van der Waals surface area (Å²) in [5, 5.41) is 12.8. The summed E-state index contributed by atoms with van der Waals surface area (Å²) in [6.07, 6.45) is 3.44. The van der Waals surface area contributed by atoms with Crippen LogP contribution in [0.5, 0.6) is 0 Å². The molecule has 0 spiro atoms. The Balaban J connectivity index is 3.82. The van der Waals surface area contributed by atoms with Gasteiger partial charge in [-0.1, -0.05) is 20.3 Å². The Morgan fingerprint density at radius 2 is 1.88 bits per heavy atom. The van der Waals surface area contributed by atoms with Crippen molar-refractivity contribution in [3.8, 4) is 0 Å². The van der Waals surface area contributed by atoms with Gasteiger partial charge >= 0.3 is 0 Å². The molecule has 0 radical (unpaired) electrons. The van der Waals surface area contributed by atoms with Crippen LogP contribution in [0.4, 0.5) is 0 Å². The second kappa shape index (κ2) is 8.90. The fourth-order valence-electron chi connectivity index (χ4n) is 2.26. The number of aliphatic hydroxyl groups excluding tert-OH is 1. The van der Waals surface area contributed by atoms with Crippen LogP contribution in [0.2, 0.25) is 0 Å². The Bertz CT molecular complexity index is 185. The van der Waals surface area contributed by atoms with Crippen molar-refractivity contribution < 1.29 is 5.11 Å². The molecule has 17 heavy (non-hydrogen) atoms. The molecule has 0 aliphatic carbocycles. The Labute approximate surface area is 108 Å². The van der Waals surface area contributed by atoms with Gasteiger partial charge < -0.3 is 15.3 Å². The molecule has 1 atom stereocenters. The molecular formula is C14H32N2O. The zero-order valence-electron chi connectivity index (χ0n) is 12.4. The van der Waals surface area contributed by atoms with Gasteiger partial charge in [0.1, 0.15) is 0 Å². The number of unbranched alkanes of at least 4 members (excludes halogenated alkanes) is 1. The van der Waals surface area contributed by atoms with Crippen molar-refractivity contribution in [2.45, 2.75) is 65.5 Å². The number of rotatable bonds is 10. The van der Waals surface area contributed by atoms with E-state index in [1.54, 1.807) is 0 Å².